The second-order valence-electron chi connectivity index (χ2n) is 9.75. The highest BCUT2D eigenvalue weighted by molar-refractivity contribution is 6.01. The van der Waals surface area contributed by atoms with Gasteiger partial charge in [-0.3, -0.25) is 10.2 Å². The van der Waals surface area contributed by atoms with E-state index in [4.69, 9.17) is 5.41 Å². The molecule has 0 aliphatic carbocycles. The zero-order valence-electron chi connectivity index (χ0n) is 19.3. The zero-order chi connectivity index (χ0) is 22.6. The molecule has 2 heterocycles. The van der Waals surface area contributed by atoms with Gasteiger partial charge in [-0.15, -0.1) is 0 Å². The number of anilines is 1. The number of para-hydroxylation sites is 1. The molecule has 1 aromatic carbocycles. The molecular formula is C25H36N4O2. The summed E-state index contributed by atoms with van der Waals surface area (Å²) >= 11 is 0. The molecule has 168 valence electrons. The molecule has 0 saturated carbocycles. The summed E-state index contributed by atoms with van der Waals surface area (Å²) in [4.78, 5) is 27.5. The Kier molecular flexibility index (Phi) is 7.19. The van der Waals surface area contributed by atoms with Gasteiger partial charge < -0.3 is 15.5 Å². The van der Waals surface area contributed by atoms with Crippen molar-refractivity contribution in [3.8, 4) is 0 Å². The first kappa shape index (κ1) is 23.0. The number of Topliss-reactive ketones (excluding diaryl/α,β-unsaturated/α-hetero) is 1. The normalized spacial score (nSPS) is 22.7. The van der Waals surface area contributed by atoms with Gasteiger partial charge in [0.15, 0.2) is 5.78 Å². The highest BCUT2D eigenvalue weighted by atomic mass is 16.2. The second kappa shape index (κ2) is 9.67. The molecule has 0 spiro atoms. The Balaban J connectivity index is 1.53. The molecule has 1 saturated heterocycles. The number of carbonyl (C=O) groups excluding carboxylic acids is 2. The van der Waals surface area contributed by atoms with Crippen molar-refractivity contribution in [2.24, 2.45) is 11.8 Å². The fourth-order valence-electron chi connectivity index (χ4n) is 4.79. The van der Waals surface area contributed by atoms with Gasteiger partial charge in [0.05, 0.1) is 5.54 Å². The molecule has 1 atom stereocenters. The lowest BCUT2D eigenvalue weighted by Gasteiger charge is -2.33. The van der Waals surface area contributed by atoms with Crippen molar-refractivity contribution in [3.63, 3.8) is 0 Å². The highest BCUT2D eigenvalue weighted by Gasteiger charge is 2.36. The van der Waals surface area contributed by atoms with E-state index in [0.29, 0.717) is 37.2 Å². The maximum Gasteiger partial charge on any atom is 0.321 e. The molecule has 2 aliphatic rings. The lowest BCUT2D eigenvalue weighted by atomic mass is 9.83. The van der Waals surface area contributed by atoms with Crippen LogP contribution in [0.5, 0.6) is 0 Å². The number of ketones is 1. The van der Waals surface area contributed by atoms with Gasteiger partial charge in [0.2, 0.25) is 0 Å². The largest absolute Gasteiger partial charge is 0.358 e. The number of nitrogens with zero attached hydrogens (tertiary/aromatic N) is 1. The van der Waals surface area contributed by atoms with E-state index in [2.05, 4.69) is 24.5 Å². The Hall–Kier alpha value is -2.63. The van der Waals surface area contributed by atoms with Gasteiger partial charge >= 0.3 is 6.03 Å². The van der Waals surface area contributed by atoms with E-state index in [-0.39, 0.29) is 11.8 Å². The topological polar surface area (TPSA) is 85.3 Å². The molecule has 6 heteroatoms. The average Bonchev–Trinajstić information content (AvgIpc) is 2.78. The van der Waals surface area contributed by atoms with Crippen molar-refractivity contribution < 1.29 is 9.59 Å². The van der Waals surface area contributed by atoms with Crippen molar-refractivity contribution in [2.45, 2.75) is 65.3 Å². The number of carbonyl (C=O) groups is 2. The van der Waals surface area contributed by atoms with Crippen molar-refractivity contribution in [2.75, 3.05) is 18.4 Å². The summed E-state index contributed by atoms with van der Waals surface area (Å²) in [6.45, 7) is 9.54. The fourth-order valence-corrected chi connectivity index (χ4v) is 4.79. The van der Waals surface area contributed by atoms with Crippen molar-refractivity contribution >= 4 is 23.3 Å². The molecular weight excluding hydrogens is 388 g/mol. The number of hydrogen-bond donors (Lipinski definition) is 3. The third kappa shape index (κ3) is 5.96. The Bertz CT molecular complexity index is 868. The van der Waals surface area contributed by atoms with Crippen LogP contribution in [0.25, 0.3) is 0 Å². The minimum atomic E-state index is -0.666. The number of likely N-dealkylation sites (tertiary alicyclic amines) is 1. The van der Waals surface area contributed by atoms with Crippen LogP contribution in [0.15, 0.2) is 35.9 Å². The quantitative estimate of drug-likeness (QED) is 0.628. The summed E-state index contributed by atoms with van der Waals surface area (Å²) in [5.41, 5.74) is 2.28. The number of hydrogen-bond acceptors (Lipinski definition) is 3. The number of aryl methyl sites for hydroxylation is 1. The molecule has 0 bridgehead atoms. The number of nitrogens with one attached hydrogen (secondary N) is 3. The lowest BCUT2D eigenvalue weighted by molar-refractivity contribution is -0.124. The van der Waals surface area contributed by atoms with E-state index in [9.17, 15) is 9.59 Å². The van der Waals surface area contributed by atoms with E-state index in [1.54, 1.807) is 0 Å². The van der Waals surface area contributed by atoms with Crippen molar-refractivity contribution in [1.29, 1.82) is 5.41 Å². The van der Waals surface area contributed by atoms with Crippen LogP contribution in [-0.4, -0.2) is 41.2 Å². The number of amides is 2. The first-order chi connectivity index (χ1) is 14.7. The maximum atomic E-state index is 13.0. The van der Waals surface area contributed by atoms with E-state index in [0.717, 1.165) is 42.5 Å². The van der Waals surface area contributed by atoms with Crippen LogP contribution >= 0.6 is 0 Å². The standard InChI is InChI=1S/C25H36N4O2/c1-17(2)16-25(4)22(30)14-20(15-23(26)28-25)13-19-9-11-29(12-10-19)24(31)27-21-8-6-5-7-18(21)3/h5-8,15,17,19H,9-14,16H2,1-4H3,(H2,26,28)(H,27,31). The van der Waals surface area contributed by atoms with E-state index < -0.39 is 5.54 Å². The summed E-state index contributed by atoms with van der Waals surface area (Å²) < 4.78 is 0. The first-order valence-electron chi connectivity index (χ1n) is 11.4. The molecule has 0 aromatic heterocycles. The number of rotatable bonds is 5. The van der Waals surface area contributed by atoms with Gasteiger partial charge in [-0.2, -0.15) is 0 Å². The molecule has 2 aliphatic heterocycles. The molecule has 1 fully saturated rings. The number of urea groups is 1. The van der Waals surface area contributed by atoms with E-state index >= 15 is 0 Å². The van der Waals surface area contributed by atoms with Gasteiger partial charge in [0, 0.05) is 25.2 Å². The van der Waals surface area contributed by atoms with Crippen molar-refractivity contribution in [3.05, 3.63) is 41.5 Å². The third-order valence-electron chi connectivity index (χ3n) is 6.42. The smallest absolute Gasteiger partial charge is 0.321 e. The minimum Gasteiger partial charge on any atom is -0.358 e. The Morgan fingerprint density at radius 2 is 1.97 bits per heavy atom. The van der Waals surface area contributed by atoms with Crippen LogP contribution in [0.4, 0.5) is 10.5 Å². The van der Waals surface area contributed by atoms with Crippen LogP contribution < -0.4 is 10.6 Å². The number of allylic oxidation sites excluding steroid dienone is 1. The summed E-state index contributed by atoms with van der Waals surface area (Å²) in [5, 5.41) is 14.4. The first-order valence-corrected chi connectivity index (χ1v) is 11.4. The number of piperidine rings is 1. The van der Waals surface area contributed by atoms with Crippen LogP contribution in [0.2, 0.25) is 0 Å². The molecule has 1 aromatic rings. The van der Waals surface area contributed by atoms with Gasteiger partial charge in [0.25, 0.3) is 0 Å². The highest BCUT2D eigenvalue weighted by Crippen LogP contribution is 2.30. The molecule has 3 rings (SSSR count). The summed E-state index contributed by atoms with van der Waals surface area (Å²) in [5.74, 6) is 1.32. The molecule has 2 amide bonds. The minimum absolute atomic E-state index is 0.0490. The molecule has 6 nitrogen and oxygen atoms in total. The van der Waals surface area contributed by atoms with E-state index in [1.807, 2.05) is 49.1 Å². The van der Waals surface area contributed by atoms with Crippen LogP contribution in [-0.2, 0) is 4.79 Å². The molecule has 3 N–H and O–H groups in total. The predicted octanol–water partition coefficient (Wildman–Crippen LogP) is 4.90. The lowest BCUT2D eigenvalue weighted by Crippen LogP contribution is -2.51. The number of benzene rings is 1. The van der Waals surface area contributed by atoms with Gasteiger partial charge in [-0.05, 0) is 69.1 Å². The van der Waals surface area contributed by atoms with Gasteiger partial charge in [-0.25, -0.2) is 4.79 Å². The van der Waals surface area contributed by atoms with Crippen LogP contribution in [0.1, 0.15) is 58.4 Å². The third-order valence-corrected chi connectivity index (χ3v) is 6.42. The Morgan fingerprint density at radius 3 is 2.61 bits per heavy atom. The molecule has 1 unspecified atom stereocenters. The van der Waals surface area contributed by atoms with Crippen molar-refractivity contribution in [1.82, 2.24) is 10.2 Å². The summed E-state index contributed by atoms with van der Waals surface area (Å²) in [6.07, 6.45) is 5.63. The molecule has 31 heavy (non-hydrogen) atoms. The Labute approximate surface area is 186 Å². The SMILES string of the molecule is Cc1ccccc1NC(=O)N1CCC(CC2=CC(=N)NC(C)(CC(C)C)C(=O)C2)CC1. The average molecular weight is 425 g/mol. The predicted molar refractivity (Wildman–Crippen MR) is 126 cm³/mol. The summed E-state index contributed by atoms with van der Waals surface area (Å²) in [7, 11) is 0. The number of amidine groups is 1. The monoisotopic (exact) mass is 424 g/mol. The van der Waals surface area contributed by atoms with Crippen LogP contribution in [0, 0.1) is 24.2 Å². The maximum absolute atomic E-state index is 13.0. The van der Waals surface area contributed by atoms with Gasteiger partial charge in [0.1, 0.15) is 5.84 Å². The zero-order valence-corrected chi connectivity index (χ0v) is 19.3. The second-order valence-corrected chi connectivity index (χ2v) is 9.75. The van der Waals surface area contributed by atoms with Crippen LogP contribution in [0.3, 0.4) is 0 Å². The Morgan fingerprint density at radius 1 is 1.29 bits per heavy atom. The molecule has 0 radical (unpaired) electrons. The summed E-state index contributed by atoms with van der Waals surface area (Å²) in [6, 6.07) is 7.75. The van der Waals surface area contributed by atoms with E-state index in [1.165, 1.54) is 0 Å². The fraction of sp³-hybridized carbons (Fsp3) is 0.560. The van der Waals surface area contributed by atoms with Gasteiger partial charge in [-0.1, -0.05) is 37.6 Å².